The molecule has 7 heteroatoms. The van der Waals surface area contributed by atoms with Gasteiger partial charge in [-0.2, -0.15) is 0 Å². The quantitative estimate of drug-likeness (QED) is 0.755. The number of hydrogen-bond donors (Lipinski definition) is 0. The molecule has 146 valence electrons. The molecule has 27 heavy (non-hydrogen) atoms. The highest BCUT2D eigenvalue weighted by Crippen LogP contribution is 2.34. The normalized spacial score (nSPS) is 23.6. The first-order chi connectivity index (χ1) is 13.1. The Morgan fingerprint density at radius 2 is 1.70 bits per heavy atom. The second-order valence-electron chi connectivity index (χ2n) is 7.49. The van der Waals surface area contributed by atoms with E-state index < -0.39 is 0 Å². The van der Waals surface area contributed by atoms with Crippen LogP contribution in [0, 0.1) is 5.92 Å². The van der Waals surface area contributed by atoms with Crippen molar-refractivity contribution in [3.8, 4) is 5.75 Å². The zero-order valence-corrected chi connectivity index (χ0v) is 15.8. The Kier molecular flexibility index (Phi) is 5.20. The Balaban J connectivity index is 1.38. The maximum absolute atomic E-state index is 13.1. The largest absolute Gasteiger partial charge is 0.487 e. The SMILES string of the molecule is C[C@@H]1CN(C(=O)N2CCC(C(=O)N3CCOCC3)CC2)c2ccccc2O1. The number of carbonyl (C=O) groups is 2. The van der Waals surface area contributed by atoms with Crippen molar-refractivity contribution in [2.75, 3.05) is 50.8 Å². The van der Waals surface area contributed by atoms with Gasteiger partial charge in [0, 0.05) is 32.1 Å². The molecular weight excluding hydrogens is 346 g/mol. The van der Waals surface area contributed by atoms with Gasteiger partial charge in [-0.15, -0.1) is 0 Å². The number of piperidine rings is 1. The van der Waals surface area contributed by atoms with E-state index in [-0.39, 0.29) is 24.0 Å². The minimum atomic E-state index is -0.0377. The average molecular weight is 373 g/mol. The van der Waals surface area contributed by atoms with E-state index in [2.05, 4.69) is 0 Å². The van der Waals surface area contributed by atoms with Gasteiger partial charge < -0.3 is 19.3 Å². The summed E-state index contributed by atoms with van der Waals surface area (Å²) >= 11 is 0. The van der Waals surface area contributed by atoms with E-state index in [1.54, 1.807) is 0 Å². The Morgan fingerprint density at radius 1 is 1.00 bits per heavy atom. The molecule has 1 aromatic carbocycles. The van der Waals surface area contributed by atoms with Gasteiger partial charge in [-0.05, 0) is 31.9 Å². The van der Waals surface area contributed by atoms with Crippen molar-refractivity contribution in [1.29, 1.82) is 0 Å². The maximum atomic E-state index is 13.1. The number of hydrogen-bond acceptors (Lipinski definition) is 4. The summed E-state index contributed by atoms with van der Waals surface area (Å²) in [4.78, 5) is 31.4. The second-order valence-corrected chi connectivity index (χ2v) is 7.49. The fourth-order valence-electron chi connectivity index (χ4n) is 4.10. The van der Waals surface area contributed by atoms with Crippen molar-refractivity contribution in [2.45, 2.75) is 25.9 Å². The van der Waals surface area contributed by atoms with E-state index in [4.69, 9.17) is 9.47 Å². The highest BCUT2D eigenvalue weighted by atomic mass is 16.5. The van der Waals surface area contributed by atoms with Crippen LogP contribution in [0.4, 0.5) is 10.5 Å². The van der Waals surface area contributed by atoms with Crippen LogP contribution >= 0.6 is 0 Å². The van der Waals surface area contributed by atoms with Crippen LogP contribution in [0.1, 0.15) is 19.8 Å². The molecule has 7 nitrogen and oxygen atoms in total. The first-order valence-electron chi connectivity index (χ1n) is 9.82. The van der Waals surface area contributed by atoms with Gasteiger partial charge in [-0.1, -0.05) is 12.1 Å². The van der Waals surface area contributed by atoms with Crippen molar-refractivity contribution in [3.63, 3.8) is 0 Å². The van der Waals surface area contributed by atoms with Crippen molar-refractivity contribution in [3.05, 3.63) is 24.3 Å². The molecule has 0 spiro atoms. The number of fused-ring (bicyclic) bond motifs is 1. The summed E-state index contributed by atoms with van der Waals surface area (Å²) in [6.45, 7) is 6.36. The topological polar surface area (TPSA) is 62.3 Å². The number of para-hydroxylation sites is 2. The van der Waals surface area contributed by atoms with Gasteiger partial charge in [0.25, 0.3) is 0 Å². The van der Waals surface area contributed by atoms with Gasteiger partial charge in [-0.3, -0.25) is 9.69 Å². The van der Waals surface area contributed by atoms with E-state index in [1.165, 1.54) is 0 Å². The summed E-state index contributed by atoms with van der Waals surface area (Å²) in [5.74, 6) is 0.987. The van der Waals surface area contributed by atoms with Crippen LogP contribution in [0.25, 0.3) is 0 Å². The average Bonchev–Trinajstić information content (AvgIpc) is 2.73. The van der Waals surface area contributed by atoms with Crippen LogP contribution in [0.2, 0.25) is 0 Å². The zero-order valence-electron chi connectivity index (χ0n) is 15.8. The van der Waals surface area contributed by atoms with Gasteiger partial charge >= 0.3 is 6.03 Å². The van der Waals surface area contributed by atoms with Gasteiger partial charge in [0.15, 0.2) is 0 Å². The summed E-state index contributed by atoms with van der Waals surface area (Å²) < 4.78 is 11.2. The molecule has 3 aliphatic rings. The molecule has 3 amide bonds. The monoisotopic (exact) mass is 373 g/mol. The number of urea groups is 1. The molecule has 4 rings (SSSR count). The number of nitrogens with zero attached hydrogens (tertiary/aromatic N) is 3. The van der Waals surface area contributed by atoms with Crippen molar-refractivity contribution in [1.82, 2.24) is 9.80 Å². The van der Waals surface area contributed by atoms with Crippen LogP contribution in [-0.2, 0) is 9.53 Å². The Hall–Kier alpha value is -2.28. The number of likely N-dealkylation sites (tertiary alicyclic amines) is 1. The van der Waals surface area contributed by atoms with Gasteiger partial charge in [0.2, 0.25) is 5.91 Å². The number of carbonyl (C=O) groups excluding carboxylic acids is 2. The first kappa shape index (κ1) is 18.1. The molecule has 1 aromatic rings. The third-order valence-corrected chi connectivity index (χ3v) is 5.59. The first-order valence-corrected chi connectivity index (χ1v) is 9.82. The fourth-order valence-corrected chi connectivity index (χ4v) is 4.10. The number of benzene rings is 1. The van der Waals surface area contributed by atoms with E-state index >= 15 is 0 Å². The molecule has 2 saturated heterocycles. The molecule has 0 N–H and O–H groups in total. The number of ether oxygens (including phenoxy) is 2. The fraction of sp³-hybridized carbons (Fsp3) is 0.600. The predicted molar refractivity (Wildman–Crippen MR) is 101 cm³/mol. The lowest BCUT2D eigenvalue weighted by atomic mass is 9.95. The summed E-state index contributed by atoms with van der Waals surface area (Å²) in [6.07, 6.45) is 1.41. The minimum absolute atomic E-state index is 0.00914. The number of morpholine rings is 1. The van der Waals surface area contributed by atoms with E-state index in [0.29, 0.717) is 45.9 Å². The standard InChI is InChI=1S/C20H27N3O4/c1-15-14-23(17-4-2-3-5-18(17)27-15)20(25)22-8-6-16(7-9-22)19(24)21-10-12-26-13-11-21/h2-5,15-16H,6-14H2,1H3/t15-/m1/s1. The third-order valence-electron chi connectivity index (χ3n) is 5.59. The van der Waals surface area contributed by atoms with Gasteiger partial charge in [0.1, 0.15) is 11.9 Å². The van der Waals surface area contributed by atoms with Crippen LogP contribution in [0.15, 0.2) is 24.3 Å². The summed E-state index contributed by atoms with van der Waals surface area (Å²) in [6, 6.07) is 7.68. The smallest absolute Gasteiger partial charge is 0.324 e. The molecule has 0 aromatic heterocycles. The van der Waals surface area contributed by atoms with Crippen LogP contribution < -0.4 is 9.64 Å². The van der Waals surface area contributed by atoms with E-state index in [1.807, 2.05) is 45.9 Å². The Labute approximate surface area is 159 Å². The van der Waals surface area contributed by atoms with Crippen LogP contribution in [0.5, 0.6) is 5.75 Å². The van der Waals surface area contributed by atoms with Crippen LogP contribution in [-0.4, -0.2) is 73.8 Å². The molecule has 0 radical (unpaired) electrons. The number of amides is 3. The van der Waals surface area contributed by atoms with Gasteiger partial charge in [0.05, 0.1) is 25.4 Å². The van der Waals surface area contributed by atoms with E-state index in [0.717, 1.165) is 24.3 Å². The second kappa shape index (κ2) is 7.76. The summed E-state index contributed by atoms with van der Waals surface area (Å²) in [5.41, 5.74) is 0.826. The zero-order chi connectivity index (χ0) is 18.8. The molecule has 3 aliphatic heterocycles. The van der Waals surface area contributed by atoms with Crippen molar-refractivity contribution in [2.24, 2.45) is 5.92 Å². The molecule has 0 unspecified atom stereocenters. The lowest BCUT2D eigenvalue weighted by Crippen LogP contribution is -2.52. The predicted octanol–water partition coefficient (Wildman–Crippen LogP) is 1.96. The van der Waals surface area contributed by atoms with E-state index in [9.17, 15) is 9.59 Å². The summed E-state index contributed by atoms with van der Waals surface area (Å²) in [7, 11) is 0. The third kappa shape index (κ3) is 3.74. The number of rotatable bonds is 1. The molecule has 2 fully saturated rings. The van der Waals surface area contributed by atoms with Crippen molar-refractivity contribution >= 4 is 17.6 Å². The maximum Gasteiger partial charge on any atom is 0.324 e. The Morgan fingerprint density at radius 3 is 2.44 bits per heavy atom. The molecule has 0 saturated carbocycles. The van der Waals surface area contributed by atoms with Crippen molar-refractivity contribution < 1.29 is 19.1 Å². The minimum Gasteiger partial charge on any atom is -0.487 e. The number of anilines is 1. The highest BCUT2D eigenvalue weighted by molar-refractivity contribution is 5.94. The van der Waals surface area contributed by atoms with Gasteiger partial charge in [-0.25, -0.2) is 4.79 Å². The molecular formula is C20H27N3O4. The Bertz CT molecular complexity index is 696. The molecule has 0 aliphatic carbocycles. The summed E-state index contributed by atoms with van der Waals surface area (Å²) in [5, 5.41) is 0. The lowest BCUT2D eigenvalue weighted by molar-refractivity contribution is -0.141. The molecule has 0 bridgehead atoms. The van der Waals surface area contributed by atoms with Crippen LogP contribution in [0.3, 0.4) is 0 Å². The highest BCUT2D eigenvalue weighted by Gasteiger charge is 2.35. The molecule has 1 atom stereocenters. The molecule has 3 heterocycles. The lowest BCUT2D eigenvalue weighted by Gasteiger charge is -2.40.